The highest BCUT2D eigenvalue weighted by Crippen LogP contribution is 2.34. The molecule has 4 N–H and O–H groups in total. The molecule has 0 unspecified atom stereocenters. The number of aromatic nitrogens is 7. The average molecular weight is 474 g/mol. The number of rotatable bonds is 5. The van der Waals surface area contributed by atoms with Crippen LogP contribution in [0.3, 0.4) is 0 Å². The summed E-state index contributed by atoms with van der Waals surface area (Å²) in [6.45, 7) is 1.83. The van der Waals surface area contributed by atoms with Gasteiger partial charge in [-0.3, -0.25) is 19.6 Å². The standard InChI is InChI=1S/C23H20ClN9O/c1-12(16-5-3-4-7-26-16)28-23(34)21-22(25)30-20(17-6-8-33(2)32-17)19(29-21)13-9-14-11-27-31-18(14)15(24)10-13/h3-12H,1-2H3,(H2,25,30)(H,27,31)(H,28,34)/t12-/m1/s1. The first-order chi connectivity index (χ1) is 16.4. The van der Waals surface area contributed by atoms with Crippen LogP contribution < -0.4 is 11.1 Å². The third-order valence-corrected chi connectivity index (χ3v) is 5.65. The van der Waals surface area contributed by atoms with Gasteiger partial charge in [0, 0.05) is 30.4 Å². The highest BCUT2D eigenvalue weighted by molar-refractivity contribution is 6.35. The summed E-state index contributed by atoms with van der Waals surface area (Å²) in [6, 6.07) is 10.6. The molecule has 0 saturated heterocycles. The maximum Gasteiger partial charge on any atom is 0.274 e. The third kappa shape index (κ3) is 3.95. The van der Waals surface area contributed by atoms with Crippen molar-refractivity contribution in [2.45, 2.75) is 13.0 Å². The van der Waals surface area contributed by atoms with Crippen LogP contribution in [-0.2, 0) is 7.05 Å². The highest BCUT2D eigenvalue weighted by Gasteiger charge is 2.23. The van der Waals surface area contributed by atoms with Crippen molar-refractivity contribution in [3.63, 3.8) is 0 Å². The van der Waals surface area contributed by atoms with E-state index >= 15 is 0 Å². The zero-order valence-corrected chi connectivity index (χ0v) is 19.1. The number of nitrogen functional groups attached to an aromatic ring is 1. The number of hydrogen-bond donors (Lipinski definition) is 3. The Morgan fingerprint density at radius 1 is 1.21 bits per heavy atom. The normalized spacial score (nSPS) is 12.1. The molecule has 0 aliphatic rings. The fourth-order valence-electron chi connectivity index (χ4n) is 3.66. The summed E-state index contributed by atoms with van der Waals surface area (Å²) in [7, 11) is 1.80. The number of benzene rings is 1. The molecule has 1 amide bonds. The van der Waals surface area contributed by atoms with Gasteiger partial charge in [-0.1, -0.05) is 17.7 Å². The van der Waals surface area contributed by atoms with Gasteiger partial charge in [0.2, 0.25) is 0 Å². The maximum atomic E-state index is 13.1. The lowest BCUT2D eigenvalue weighted by Crippen LogP contribution is -2.29. The number of aromatic amines is 1. The minimum absolute atomic E-state index is 0.000810. The summed E-state index contributed by atoms with van der Waals surface area (Å²) >= 11 is 6.48. The Bertz CT molecular complexity index is 1510. The van der Waals surface area contributed by atoms with Crippen molar-refractivity contribution < 1.29 is 4.79 Å². The molecule has 170 valence electrons. The van der Waals surface area contributed by atoms with E-state index in [1.807, 2.05) is 31.2 Å². The van der Waals surface area contributed by atoms with E-state index < -0.39 is 5.91 Å². The van der Waals surface area contributed by atoms with E-state index in [2.05, 4.69) is 35.6 Å². The molecule has 5 rings (SSSR count). The number of pyridine rings is 1. The zero-order valence-electron chi connectivity index (χ0n) is 18.3. The molecule has 5 aromatic rings. The van der Waals surface area contributed by atoms with Crippen LogP contribution in [0.2, 0.25) is 5.02 Å². The van der Waals surface area contributed by atoms with Gasteiger partial charge >= 0.3 is 0 Å². The summed E-state index contributed by atoms with van der Waals surface area (Å²) in [4.78, 5) is 26.6. The number of aryl methyl sites for hydroxylation is 1. The monoisotopic (exact) mass is 473 g/mol. The van der Waals surface area contributed by atoms with E-state index in [4.69, 9.17) is 17.3 Å². The number of carbonyl (C=O) groups excluding carboxylic acids is 1. The Balaban J connectivity index is 1.62. The van der Waals surface area contributed by atoms with Gasteiger partial charge in [-0.15, -0.1) is 0 Å². The van der Waals surface area contributed by atoms with Crippen LogP contribution in [0.15, 0.2) is 55.0 Å². The molecule has 4 aromatic heterocycles. The van der Waals surface area contributed by atoms with E-state index in [0.717, 1.165) is 5.39 Å². The molecule has 0 aliphatic heterocycles. The molecule has 0 spiro atoms. The van der Waals surface area contributed by atoms with Crippen molar-refractivity contribution in [3.8, 4) is 22.6 Å². The average Bonchev–Trinajstić information content (AvgIpc) is 3.48. The second kappa shape index (κ2) is 8.56. The number of nitrogens with two attached hydrogens (primary N) is 1. The second-order valence-electron chi connectivity index (χ2n) is 7.77. The smallest absolute Gasteiger partial charge is 0.274 e. The molecule has 1 aromatic carbocycles. The lowest BCUT2D eigenvalue weighted by atomic mass is 10.1. The van der Waals surface area contributed by atoms with E-state index in [1.54, 1.807) is 42.5 Å². The number of hydrogen-bond acceptors (Lipinski definition) is 7. The molecule has 0 fully saturated rings. The number of H-pyrrole nitrogens is 1. The molecule has 10 nitrogen and oxygen atoms in total. The van der Waals surface area contributed by atoms with Gasteiger partial charge < -0.3 is 11.1 Å². The summed E-state index contributed by atoms with van der Waals surface area (Å²) in [5.74, 6) is -0.474. The molecule has 1 atom stereocenters. The van der Waals surface area contributed by atoms with Crippen molar-refractivity contribution in [2.75, 3.05) is 5.73 Å². The molecule has 34 heavy (non-hydrogen) atoms. The molecule has 0 saturated carbocycles. The summed E-state index contributed by atoms with van der Waals surface area (Å²) in [6.07, 6.45) is 5.12. The Morgan fingerprint density at radius 3 is 2.79 bits per heavy atom. The van der Waals surface area contributed by atoms with Gasteiger partial charge in [-0.25, -0.2) is 9.97 Å². The number of nitrogens with one attached hydrogen (secondary N) is 2. The Labute approximate surface area is 199 Å². The van der Waals surface area contributed by atoms with E-state index in [0.29, 0.717) is 38.9 Å². The summed E-state index contributed by atoms with van der Waals surface area (Å²) in [5.41, 5.74) is 9.70. The predicted octanol–water partition coefficient (Wildman–Crippen LogP) is 3.54. The fraction of sp³-hybridized carbons (Fsp3) is 0.130. The molecule has 0 aliphatic carbocycles. The lowest BCUT2D eigenvalue weighted by Gasteiger charge is -2.15. The number of fused-ring (bicyclic) bond motifs is 1. The largest absolute Gasteiger partial charge is 0.382 e. The molecule has 11 heteroatoms. The van der Waals surface area contributed by atoms with Crippen molar-refractivity contribution >= 4 is 34.2 Å². The third-order valence-electron chi connectivity index (χ3n) is 5.35. The minimum Gasteiger partial charge on any atom is -0.382 e. The van der Waals surface area contributed by atoms with E-state index in [9.17, 15) is 4.79 Å². The van der Waals surface area contributed by atoms with Crippen LogP contribution in [0.1, 0.15) is 29.1 Å². The van der Waals surface area contributed by atoms with Gasteiger partial charge in [0.1, 0.15) is 11.4 Å². The summed E-state index contributed by atoms with van der Waals surface area (Å²) < 4.78 is 1.65. The quantitative estimate of drug-likeness (QED) is 0.354. The molecular weight excluding hydrogens is 454 g/mol. The SMILES string of the molecule is C[C@@H](NC(=O)c1nc(-c2cc(Cl)c3[nH]ncc3c2)c(-c2ccn(C)n2)nc1N)c1ccccn1. The Morgan fingerprint density at radius 2 is 2.06 bits per heavy atom. The number of carbonyl (C=O) groups is 1. The number of amides is 1. The van der Waals surface area contributed by atoms with Crippen molar-refractivity contribution in [3.05, 3.63) is 71.4 Å². The lowest BCUT2D eigenvalue weighted by molar-refractivity contribution is 0.0935. The topological polar surface area (TPSA) is 140 Å². The number of nitrogens with zero attached hydrogens (tertiary/aromatic N) is 6. The van der Waals surface area contributed by atoms with Gasteiger partial charge in [-0.2, -0.15) is 10.2 Å². The van der Waals surface area contributed by atoms with Gasteiger partial charge in [0.05, 0.1) is 34.2 Å². The number of anilines is 1. The van der Waals surface area contributed by atoms with Crippen LogP contribution >= 0.6 is 11.6 Å². The first-order valence-corrected chi connectivity index (χ1v) is 10.8. The fourth-order valence-corrected chi connectivity index (χ4v) is 3.93. The first-order valence-electron chi connectivity index (χ1n) is 10.4. The van der Waals surface area contributed by atoms with Gasteiger partial charge in [0.15, 0.2) is 11.5 Å². The molecule has 0 bridgehead atoms. The van der Waals surface area contributed by atoms with Crippen molar-refractivity contribution in [2.24, 2.45) is 7.05 Å². The van der Waals surface area contributed by atoms with Crippen molar-refractivity contribution in [1.82, 2.24) is 40.2 Å². The van der Waals surface area contributed by atoms with Crippen LogP contribution in [0, 0.1) is 0 Å². The zero-order chi connectivity index (χ0) is 23.8. The van der Waals surface area contributed by atoms with Gasteiger partial charge in [-0.05, 0) is 37.3 Å². The molecule has 0 radical (unpaired) electrons. The van der Waals surface area contributed by atoms with Crippen LogP contribution in [0.4, 0.5) is 5.82 Å². The first kappa shape index (κ1) is 21.5. The molecule has 4 heterocycles. The Hall–Kier alpha value is -4.31. The van der Waals surface area contributed by atoms with E-state index in [1.165, 1.54) is 0 Å². The molecular formula is C23H20ClN9O. The number of halogens is 1. The maximum absolute atomic E-state index is 13.1. The van der Waals surface area contributed by atoms with Gasteiger partial charge in [0.25, 0.3) is 5.91 Å². The predicted molar refractivity (Wildman–Crippen MR) is 129 cm³/mol. The highest BCUT2D eigenvalue weighted by atomic mass is 35.5. The van der Waals surface area contributed by atoms with Crippen LogP contribution in [-0.4, -0.2) is 40.8 Å². The van der Waals surface area contributed by atoms with Crippen LogP contribution in [0.5, 0.6) is 0 Å². The second-order valence-corrected chi connectivity index (χ2v) is 8.18. The minimum atomic E-state index is -0.465. The van der Waals surface area contributed by atoms with E-state index in [-0.39, 0.29) is 17.6 Å². The van der Waals surface area contributed by atoms with Crippen LogP contribution in [0.25, 0.3) is 33.5 Å². The summed E-state index contributed by atoms with van der Waals surface area (Å²) in [5, 5.41) is 15.5. The Kier molecular flexibility index (Phi) is 5.42. The van der Waals surface area contributed by atoms with Crippen molar-refractivity contribution in [1.29, 1.82) is 0 Å².